The normalized spacial score (nSPS) is 18.7. The molecule has 0 aromatic carbocycles. The fourth-order valence-electron chi connectivity index (χ4n) is 2.80. The molecule has 0 aliphatic heterocycles. The summed E-state index contributed by atoms with van der Waals surface area (Å²) >= 11 is 0. The number of hydrogen-bond acceptors (Lipinski definition) is 2. The molecule has 0 heterocycles. The molecule has 1 aliphatic rings. The predicted molar refractivity (Wildman–Crippen MR) is 98.4 cm³/mol. The van der Waals surface area contributed by atoms with Gasteiger partial charge in [0.25, 0.3) is 0 Å². The number of halogens is 3. The number of alkyl halides is 3. The number of nitrogens with zero attached hydrogens (tertiary/aromatic N) is 1. The van der Waals surface area contributed by atoms with Gasteiger partial charge in [-0.15, -0.1) is 6.58 Å². The third-order valence-corrected chi connectivity index (χ3v) is 4.23. The van der Waals surface area contributed by atoms with Crippen molar-refractivity contribution in [2.75, 3.05) is 13.1 Å². The molecule has 1 fully saturated rings. The summed E-state index contributed by atoms with van der Waals surface area (Å²) in [6.07, 6.45) is 6.56. The van der Waals surface area contributed by atoms with Crippen molar-refractivity contribution in [3.63, 3.8) is 0 Å². The van der Waals surface area contributed by atoms with Crippen molar-refractivity contribution in [2.45, 2.75) is 58.5 Å². The monoisotopic (exact) mass is 357 g/mol. The molecule has 142 valence electrons. The predicted octanol–water partition coefficient (Wildman–Crippen LogP) is 5.09. The van der Waals surface area contributed by atoms with Crippen molar-refractivity contribution in [1.82, 2.24) is 10.6 Å². The summed E-state index contributed by atoms with van der Waals surface area (Å²) in [5.41, 5.74) is 0.486. The minimum atomic E-state index is -4.37. The highest BCUT2D eigenvalue weighted by molar-refractivity contribution is 5.80. The van der Waals surface area contributed by atoms with E-state index in [1.54, 1.807) is 13.1 Å². The highest BCUT2D eigenvalue weighted by Gasteiger charge is 2.25. The molecule has 1 aliphatic carbocycles. The molecular weight excluding hydrogens is 327 g/mol. The van der Waals surface area contributed by atoms with Crippen molar-refractivity contribution in [3.05, 3.63) is 36.2 Å². The second-order valence-electron chi connectivity index (χ2n) is 6.52. The first-order valence-corrected chi connectivity index (χ1v) is 8.91. The summed E-state index contributed by atoms with van der Waals surface area (Å²) < 4.78 is 37.9. The SMILES string of the molecule is C=CCNC(=C/C(F)(F)F)/C(C)=C/NC(C)=NCC1CCCCCC1. The Balaban J connectivity index is 2.63. The van der Waals surface area contributed by atoms with Gasteiger partial charge in [0.05, 0.1) is 5.84 Å². The standard InChI is InChI=1S/C19H30F3N3/c1-4-11-23-18(12-19(20,21)22)15(2)13-24-16(3)25-14-17-9-7-5-6-8-10-17/h4,12-13,17,23H,1,5-11,14H2,2-3H3,(H,24,25)/b15-13+,18-12+. The molecule has 6 heteroatoms. The fourth-order valence-corrected chi connectivity index (χ4v) is 2.80. The fraction of sp³-hybridized carbons (Fsp3) is 0.632. The van der Waals surface area contributed by atoms with Crippen LogP contribution in [0.3, 0.4) is 0 Å². The lowest BCUT2D eigenvalue weighted by Crippen LogP contribution is -2.21. The van der Waals surface area contributed by atoms with Gasteiger partial charge in [-0.3, -0.25) is 4.99 Å². The third-order valence-electron chi connectivity index (χ3n) is 4.23. The number of amidine groups is 1. The molecule has 0 spiro atoms. The van der Waals surface area contributed by atoms with E-state index >= 15 is 0 Å². The first-order chi connectivity index (χ1) is 11.8. The lowest BCUT2D eigenvalue weighted by molar-refractivity contribution is -0.0806. The molecule has 0 bridgehead atoms. The molecule has 0 aromatic heterocycles. The van der Waals surface area contributed by atoms with Gasteiger partial charge in [0.1, 0.15) is 0 Å². The smallest absolute Gasteiger partial charge is 0.381 e. The molecule has 0 radical (unpaired) electrons. The maximum atomic E-state index is 12.6. The summed E-state index contributed by atoms with van der Waals surface area (Å²) in [4.78, 5) is 4.54. The van der Waals surface area contributed by atoms with Gasteiger partial charge in [-0.25, -0.2) is 0 Å². The summed E-state index contributed by atoms with van der Waals surface area (Å²) in [5.74, 6) is 1.35. The van der Waals surface area contributed by atoms with Gasteiger partial charge < -0.3 is 10.6 Å². The van der Waals surface area contributed by atoms with E-state index in [9.17, 15) is 13.2 Å². The second-order valence-corrected chi connectivity index (χ2v) is 6.52. The number of allylic oxidation sites excluding steroid dienone is 2. The zero-order valence-corrected chi connectivity index (χ0v) is 15.3. The highest BCUT2D eigenvalue weighted by Crippen LogP contribution is 2.23. The van der Waals surface area contributed by atoms with Crippen molar-refractivity contribution in [1.29, 1.82) is 0 Å². The Morgan fingerprint density at radius 1 is 1.16 bits per heavy atom. The van der Waals surface area contributed by atoms with Crippen molar-refractivity contribution < 1.29 is 13.2 Å². The van der Waals surface area contributed by atoms with Crippen LogP contribution in [0.1, 0.15) is 52.4 Å². The highest BCUT2D eigenvalue weighted by atomic mass is 19.4. The van der Waals surface area contributed by atoms with Crippen LogP contribution in [-0.2, 0) is 0 Å². The average molecular weight is 357 g/mol. The van der Waals surface area contributed by atoms with Gasteiger partial charge >= 0.3 is 6.18 Å². The Kier molecular flexibility index (Phi) is 9.39. The molecule has 0 saturated heterocycles. The maximum Gasteiger partial charge on any atom is 0.411 e. The van der Waals surface area contributed by atoms with Gasteiger partial charge in [0.15, 0.2) is 0 Å². The number of rotatable bonds is 7. The zero-order chi connectivity index (χ0) is 18.7. The largest absolute Gasteiger partial charge is 0.411 e. The topological polar surface area (TPSA) is 36.4 Å². The van der Waals surface area contributed by atoms with Crippen LogP contribution in [-0.4, -0.2) is 25.1 Å². The molecule has 2 N–H and O–H groups in total. The van der Waals surface area contributed by atoms with Crippen LogP contribution >= 0.6 is 0 Å². The van der Waals surface area contributed by atoms with Gasteiger partial charge in [-0.05, 0) is 38.2 Å². The molecule has 3 nitrogen and oxygen atoms in total. The molecular formula is C19H30F3N3. The molecule has 0 aromatic rings. The Labute approximate surface area is 149 Å². The minimum absolute atomic E-state index is 0.0245. The summed E-state index contributed by atoms with van der Waals surface area (Å²) in [6.45, 7) is 8.02. The van der Waals surface area contributed by atoms with Crippen molar-refractivity contribution in [2.24, 2.45) is 10.9 Å². The summed E-state index contributed by atoms with van der Waals surface area (Å²) in [5, 5.41) is 5.71. The van der Waals surface area contributed by atoms with Crippen LogP contribution in [0.4, 0.5) is 13.2 Å². The molecule has 0 atom stereocenters. The van der Waals surface area contributed by atoms with Crippen LogP contribution in [0, 0.1) is 5.92 Å². The second kappa shape index (κ2) is 11.0. The van der Waals surface area contributed by atoms with Crippen LogP contribution in [0.5, 0.6) is 0 Å². The number of hydrogen-bond donors (Lipinski definition) is 2. The van der Waals surface area contributed by atoms with E-state index in [1.807, 2.05) is 6.92 Å². The Hall–Kier alpha value is -1.72. The number of aliphatic imine (C=N–C) groups is 1. The van der Waals surface area contributed by atoms with E-state index in [4.69, 9.17) is 0 Å². The van der Waals surface area contributed by atoms with Gasteiger partial charge in [0, 0.05) is 31.1 Å². The van der Waals surface area contributed by atoms with Crippen LogP contribution in [0.2, 0.25) is 0 Å². The van der Waals surface area contributed by atoms with Crippen molar-refractivity contribution >= 4 is 5.84 Å². The van der Waals surface area contributed by atoms with E-state index in [2.05, 4.69) is 22.2 Å². The lowest BCUT2D eigenvalue weighted by Gasteiger charge is -2.13. The maximum absolute atomic E-state index is 12.6. The van der Waals surface area contributed by atoms with Gasteiger partial charge in [-0.2, -0.15) is 13.2 Å². The Morgan fingerprint density at radius 2 is 1.80 bits per heavy atom. The van der Waals surface area contributed by atoms with Gasteiger partial charge in [-0.1, -0.05) is 31.8 Å². The Bertz CT molecular complexity index is 497. The molecule has 0 unspecified atom stereocenters. The van der Waals surface area contributed by atoms with E-state index < -0.39 is 6.18 Å². The molecule has 0 amide bonds. The van der Waals surface area contributed by atoms with E-state index in [0.717, 1.165) is 12.4 Å². The molecule has 1 saturated carbocycles. The first kappa shape index (κ1) is 21.3. The number of nitrogens with one attached hydrogen (secondary N) is 2. The summed E-state index contributed by atoms with van der Waals surface area (Å²) in [6, 6.07) is 0. The van der Waals surface area contributed by atoms with Gasteiger partial charge in [0.2, 0.25) is 0 Å². The lowest BCUT2D eigenvalue weighted by atomic mass is 10.0. The quantitative estimate of drug-likeness (QED) is 0.219. The first-order valence-electron chi connectivity index (χ1n) is 8.91. The molecule has 25 heavy (non-hydrogen) atoms. The van der Waals surface area contributed by atoms with E-state index in [1.165, 1.54) is 44.6 Å². The third kappa shape index (κ3) is 9.99. The average Bonchev–Trinajstić information content (AvgIpc) is 2.82. The van der Waals surface area contributed by atoms with E-state index in [0.29, 0.717) is 11.5 Å². The van der Waals surface area contributed by atoms with Crippen LogP contribution < -0.4 is 10.6 Å². The zero-order valence-electron chi connectivity index (χ0n) is 15.3. The molecule has 1 rings (SSSR count). The summed E-state index contributed by atoms with van der Waals surface area (Å²) in [7, 11) is 0. The van der Waals surface area contributed by atoms with Crippen LogP contribution in [0.25, 0.3) is 0 Å². The van der Waals surface area contributed by atoms with Crippen LogP contribution in [0.15, 0.2) is 41.2 Å². The Morgan fingerprint density at radius 3 is 2.36 bits per heavy atom. The van der Waals surface area contributed by atoms with E-state index in [-0.39, 0.29) is 18.3 Å². The van der Waals surface area contributed by atoms with Crippen molar-refractivity contribution in [3.8, 4) is 0 Å². The minimum Gasteiger partial charge on any atom is -0.381 e.